The maximum atomic E-state index is 7.87. The molecule has 10 heavy (non-hydrogen) atoms. The molecule has 0 saturated carbocycles. The summed E-state index contributed by atoms with van der Waals surface area (Å²) in [4.78, 5) is 15.7. The van der Waals surface area contributed by atoms with Crippen LogP contribution in [0.2, 0.25) is 0 Å². The lowest BCUT2D eigenvalue weighted by atomic mass is 10.3. The van der Waals surface area contributed by atoms with E-state index < -0.39 is 5.69 Å². The van der Waals surface area contributed by atoms with E-state index in [4.69, 9.17) is 15.5 Å². The highest BCUT2D eigenvalue weighted by molar-refractivity contribution is 8.59. The summed E-state index contributed by atoms with van der Waals surface area (Å²) in [5.41, 5.74) is 2.03. The average Bonchev–Trinajstić information content (AvgIpc) is 1.63. The molecule has 4 N–H and O–H groups in total. The molecule has 0 fully saturated rings. The van der Waals surface area contributed by atoms with Crippen molar-refractivity contribution in [3.05, 3.63) is 0 Å². The smallest absolute Gasteiger partial charge is 0.239 e. The fourth-order valence-electron chi connectivity index (χ4n) is 0.204. The van der Waals surface area contributed by atoms with Crippen molar-refractivity contribution in [1.82, 2.24) is 0 Å². The minimum atomic E-state index is -3.11. The molecule has 0 saturated heterocycles. The van der Waals surface area contributed by atoms with Gasteiger partial charge in [-0.1, -0.05) is 25.6 Å². The van der Waals surface area contributed by atoms with Crippen LogP contribution in [-0.4, -0.2) is 16.3 Å². The fraction of sp³-hybridized carbons (Fsp3) is 1.00. The second kappa shape index (κ2) is 7.98. The van der Waals surface area contributed by atoms with Gasteiger partial charge in [0.2, 0.25) is 5.69 Å². The van der Waals surface area contributed by atoms with Gasteiger partial charge in [0.1, 0.15) is 0 Å². The largest absolute Gasteiger partial charge is 0.338 e. The van der Waals surface area contributed by atoms with Crippen molar-refractivity contribution in [2.24, 2.45) is 5.73 Å². The van der Waals surface area contributed by atoms with Crippen LogP contribution >= 0.6 is 17.9 Å². The second-order valence-electron chi connectivity index (χ2n) is 1.66. The predicted molar refractivity (Wildman–Crippen MR) is 51.7 cm³/mol. The summed E-state index contributed by atoms with van der Waals surface area (Å²) in [7, 11) is 0. The van der Waals surface area contributed by atoms with E-state index in [0.29, 0.717) is 0 Å². The quantitative estimate of drug-likeness (QED) is 0.397. The normalized spacial score (nSPS) is 10.1. The van der Waals surface area contributed by atoms with Gasteiger partial charge in [-0.3, -0.25) is 0 Å². The van der Waals surface area contributed by atoms with E-state index in [0.717, 1.165) is 6.54 Å². The van der Waals surface area contributed by atoms with E-state index in [1.165, 1.54) is 12.8 Å². The van der Waals surface area contributed by atoms with Gasteiger partial charge in [0.05, 0.1) is 0 Å². The van der Waals surface area contributed by atoms with Crippen LogP contribution in [0.4, 0.5) is 0 Å². The fourth-order valence-corrected chi connectivity index (χ4v) is 0.204. The van der Waals surface area contributed by atoms with Gasteiger partial charge in [-0.15, -0.1) is 0 Å². The second-order valence-corrected chi connectivity index (χ2v) is 6.69. The Hall–Kier alpha value is 0.880. The Morgan fingerprint density at radius 3 is 1.90 bits per heavy atom. The number of rotatable bonds is 2. The van der Waals surface area contributed by atoms with Crippen LogP contribution in [0, 0.1) is 0 Å². The maximum Gasteiger partial charge on any atom is 0.239 e. The zero-order chi connectivity index (χ0) is 8.62. The van der Waals surface area contributed by atoms with Gasteiger partial charge in [0, 0.05) is 0 Å². The summed E-state index contributed by atoms with van der Waals surface area (Å²) >= 11 is 7.07. The number of nitrogens with two attached hydrogens (primary N) is 1. The molecule has 0 aliphatic heterocycles. The number of hydrogen-bond acceptors (Lipinski definition) is 2. The summed E-state index contributed by atoms with van der Waals surface area (Å²) in [5, 5.41) is 0. The lowest BCUT2D eigenvalue weighted by Crippen LogP contribution is -1.95. The minimum Gasteiger partial charge on any atom is -0.338 e. The van der Waals surface area contributed by atoms with Crippen LogP contribution in [0.3, 0.4) is 0 Å². The van der Waals surface area contributed by atoms with Gasteiger partial charge in [-0.2, -0.15) is 0 Å². The topological polar surface area (TPSA) is 66.5 Å². The van der Waals surface area contributed by atoms with Crippen molar-refractivity contribution in [2.45, 2.75) is 19.8 Å². The Kier molecular flexibility index (Phi) is 10.7. The molecule has 0 amide bonds. The van der Waals surface area contributed by atoms with Crippen LogP contribution < -0.4 is 5.73 Å². The summed E-state index contributed by atoms with van der Waals surface area (Å²) in [6.07, 6.45) is 2.39. The van der Waals surface area contributed by atoms with Gasteiger partial charge in [-0.25, -0.2) is 0 Å². The van der Waals surface area contributed by atoms with E-state index in [1.54, 1.807) is 0 Å². The zero-order valence-corrected chi connectivity index (χ0v) is 8.50. The minimum absolute atomic E-state index is 0.844. The average molecular weight is 203 g/mol. The highest BCUT2D eigenvalue weighted by Crippen LogP contribution is 2.39. The highest BCUT2D eigenvalue weighted by Gasteiger charge is 1.90. The lowest BCUT2D eigenvalue weighted by molar-refractivity contribution is 0.503. The standard InChI is InChI=1S/C4H11N.H3O2PS2/c1-2-3-4-5;1-3(2,4)5/h2-5H2,1H3;(H3,1,2,4,5). The molecule has 3 nitrogen and oxygen atoms in total. The SMILES string of the molecule is CCCCN.OP(O)(=S)S. The first-order chi connectivity index (χ1) is 4.41. The molecule has 0 heterocycles. The molecule has 0 aromatic heterocycles. The third kappa shape index (κ3) is 66.5. The van der Waals surface area contributed by atoms with Gasteiger partial charge in [-0.05, 0) is 24.8 Å². The molecule has 64 valence electrons. The van der Waals surface area contributed by atoms with Gasteiger partial charge in [0.25, 0.3) is 0 Å². The van der Waals surface area contributed by atoms with Gasteiger partial charge < -0.3 is 15.5 Å². The first-order valence-electron chi connectivity index (χ1n) is 2.90. The third-order valence-corrected chi connectivity index (χ3v) is 0.558. The highest BCUT2D eigenvalue weighted by atomic mass is 32.9. The monoisotopic (exact) mass is 203 g/mol. The van der Waals surface area contributed by atoms with Crippen molar-refractivity contribution < 1.29 is 9.79 Å². The molecular formula is C4H14NO2PS2. The van der Waals surface area contributed by atoms with Crippen LogP contribution in [0.15, 0.2) is 0 Å². The first-order valence-corrected chi connectivity index (χ1v) is 6.76. The molecule has 0 aromatic rings. The molecular weight excluding hydrogens is 189 g/mol. The van der Waals surface area contributed by atoms with Gasteiger partial charge >= 0.3 is 0 Å². The Morgan fingerprint density at radius 2 is 1.90 bits per heavy atom. The van der Waals surface area contributed by atoms with Crippen molar-refractivity contribution >= 4 is 29.7 Å². The molecule has 0 aliphatic carbocycles. The lowest BCUT2D eigenvalue weighted by Gasteiger charge is -1.88. The third-order valence-electron chi connectivity index (χ3n) is 0.558. The maximum absolute atomic E-state index is 7.87. The number of thiol groups is 1. The Labute approximate surface area is 72.0 Å². The van der Waals surface area contributed by atoms with Crippen molar-refractivity contribution in [3.63, 3.8) is 0 Å². The van der Waals surface area contributed by atoms with Crippen molar-refractivity contribution in [2.75, 3.05) is 6.54 Å². The molecule has 0 unspecified atom stereocenters. The molecule has 6 heteroatoms. The summed E-state index contributed by atoms with van der Waals surface area (Å²) in [6, 6.07) is 0. The van der Waals surface area contributed by atoms with E-state index in [2.05, 4.69) is 31.0 Å². The van der Waals surface area contributed by atoms with Crippen molar-refractivity contribution in [3.8, 4) is 0 Å². The van der Waals surface area contributed by atoms with E-state index in [1.807, 2.05) is 0 Å². The van der Waals surface area contributed by atoms with E-state index in [9.17, 15) is 0 Å². The van der Waals surface area contributed by atoms with Crippen molar-refractivity contribution in [1.29, 1.82) is 0 Å². The molecule has 0 spiro atoms. The molecule has 0 atom stereocenters. The zero-order valence-electron chi connectivity index (χ0n) is 5.90. The molecule has 0 aromatic carbocycles. The molecule has 0 radical (unpaired) electrons. The van der Waals surface area contributed by atoms with Gasteiger partial charge in [0.15, 0.2) is 0 Å². The van der Waals surface area contributed by atoms with Crippen LogP contribution in [0.25, 0.3) is 0 Å². The summed E-state index contributed by atoms with van der Waals surface area (Å²) in [5.74, 6) is 0. The van der Waals surface area contributed by atoms with E-state index >= 15 is 0 Å². The number of hydrogen-bond donors (Lipinski definition) is 4. The van der Waals surface area contributed by atoms with Crippen LogP contribution in [0.5, 0.6) is 0 Å². The first kappa shape index (κ1) is 13.5. The molecule has 0 bridgehead atoms. The number of unbranched alkanes of at least 4 members (excludes halogenated alkanes) is 1. The predicted octanol–water partition coefficient (Wildman–Crippen LogP) is 0.870. The van der Waals surface area contributed by atoms with Crippen LogP contribution in [0.1, 0.15) is 19.8 Å². The Morgan fingerprint density at radius 1 is 1.60 bits per heavy atom. The Balaban J connectivity index is 0. The van der Waals surface area contributed by atoms with Crippen LogP contribution in [-0.2, 0) is 11.8 Å². The summed E-state index contributed by atoms with van der Waals surface area (Å²) < 4.78 is 0. The molecule has 0 rings (SSSR count). The molecule has 0 aliphatic rings. The summed E-state index contributed by atoms with van der Waals surface area (Å²) in [6.45, 7) is 2.98. The van der Waals surface area contributed by atoms with E-state index in [-0.39, 0.29) is 0 Å². The Bertz CT molecular complexity index is 95.2.